The minimum absolute atomic E-state index is 0.0213. The van der Waals surface area contributed by atoms with E-state index in [4.69, 9.17) is 0 Å². The third-order valence-electron chi connectivity index (χ3n) is 2.86. The van der Waals surface area contributed by atoms with Crippen LogP contribution in [0.3, 0.4) is 0 Å². The summed E-state index contributed by atoms with van der Waals surface area (Å²) in [6.07, 6.45) is 1.79. The molecule has 1 amide bonds. The van der Waals surface area contributed by atoms with E-state index in [1.165, 1.54) is 11.8 Å². The average molecular weight is 283 g/mol. The highest BCUT2D eigenvalue weighted by Gasteiger charge is 2.12. The van der Waals surface area contributed by atoms with Crippen molar-refractivity contribution < 1.29 is 4.79 Å². The normalized spacial score (nSPS) is 11.6. The van der Waals surface area contributed by atoms with Crippen molar-refractivity contribution in [1.29, 1.82) is 0 Å². The van der Waals surface area contributed by atoms with E-state index in [2.05, 4.69) is 11.9 Å². The summed E-state index contributed by atoms with van der Waals surface area (Å²) >= 11 is 1.25. The zero-order valence-corrected chi connectivity index (χ0v) is 12.0. The maximum Gasteiger partial charge on any atom is 0.280 e. The minimum Gasteiger partial charge on any atom is -0.343 e. The summed E-state index contributed by atoms with van der Waals surface area (Å²) < 4.78 is 0. The third kappa shape index (κ3) is 4.28. The molecule has 0 saturated carbocycles. The Morgan fingerprint density at radius 1 is 1.10 bits per heavy atom. The Kier molecular flexibility index (Phi) is 5.44. The van der Waals surface area contributed by atoms with Crippen LogP contribution < -0.4 is 5.32 Å². The SMILES string of the molecule is C=C[C@H](SC(=O)NCc1ccccc1)c1ccccc1. The van der Waals surface area contributed by atoms with Gasteiger partial charge in [0.2, 0.25) is 0 Å². The van der Waals surface area contributed by atoms with Gasteiger partial charge in [-0.2, -0.15) is 0 Å². The van der Waals surface area contributed by atoms with Gasteiger partial charge >= 0.3 is 0 Å². The summed E-state index contributed by atoms with van der Waals surface area (Å²) in [5.74, 6) is 0. The highest BCUT2D eigenvalue weighted by atomic mass is 32.2. The zero-order chi connectivity index (χ0) is 14.2. The molecule has 3 heteroatoms. The first-order chi connectivity index (χ1) is 9.79. The highest BCUT2D eigenvalue weighted by Crippen LogP contribution is 2.29. The highest BCUT2D eigenvalue weighted by molar-refractivity contribution is 8.13. The Hall–Kier alpha value is -2.00. The Morgan fingerprint density at radius 3 is 2.30 bits per heavy atom. The van der Waals surface area contributed by atoms with E-state index in [1.807, 2.05) is 60.7 Å². The smallest absolute Gasteiger partial charge is 0.280 e. The Balaban J connectivity index is 1.88. The molecule has 0 aromatic heterocycles. The van der Waals surface area contributed by atoms with Gasteiger partial charge in [0.25, 0.3) is 5.24 Å². The predicted octanol–water partition coefficient (Wildman–Crippen LogP) is 4.56. The van der Waals surface area contributed by atoms with Gasteiger partial charge in [0.05, 0.1) is 5.25 Å². The number of nitrogens with one attached hydrogen (secondary N) is 1. The number of benzene rings is 2. The second-order valence-corrected chi connectivity index (χ2v) is 5.43. The van der Waals surface area contributed by atoms with Crippen molar-refractivity contribution in [2.75, 3.05) is 0 Å². The summed E-state index contributed by atoms with van der Waals surface area (Å²) in [5, 5.41) is 2.85. The number of rotatable bonds is 5. The minimum atomic E-state index is -0.0393. The third-order valence-corrected chi connectivity index (χ3v) is 3.93. The molecule has 0 heterocycles. The number of amides is 1. The summed E-state index contributed by atoms with van der Waals surface area (Å²) in [7, 11) is 0. The standard InChI is InChI=1S/C17H17NOS/c1-2-16(15-11-7-4-8-12-15)20-17(19)18-13-14-9-5-3-6-10-14/h2-12,16H,1,13H2,(H,18,19)/t16-/m0/s1. The lowest BCUT2D eigenvalue weighted by molar-refractivity contribution is 0.260. The second kappa shape index (κ2) is 7.56. The number of carbonyl (C=O) groups is 1. The first kappa shape index (κ1) is 14.4. The van der Waals surface area contributed by atoms with Crippen molar-refractivity contribution >= 4 is 17.0 Å². The van der Waals surface area contributed by atoms with E-state index in [-0.39, 0.29) is 10.5 Å². The van der Waals surface area contributed by atoms with E-state index in [9.17, 15) is 4.79 Å². The van der Waals surface area contributed by atoms with Crippen LogP contribution in [0.25, 0.3) is 0 Å². The van der Waals surface area contributed by atoms with E-state index in [0.29, 0.717) is 6.54 Å². The van der Waals surface area contributed by atoms with Crippen LogP contribution in [0.15, 0.2) is 73.3 Å². The Labute approximate surface area is 123 Å². The molecule has 2 aromatic carbocycles. The molecule has 1 N–H and O–H groups in total. The molecule has 2 nitrogen and oxygen atoms in total. The molecule has 0 aliphatic heterocycles. The molecule has 0 unspecified atom stereocenters. The number of hydrogen-bond donors (Lipinski definition) is 1. The van der Waals surface area contributed by atoms with Crippen molar-refractivity contribution in [2.45, 2.75) is 11.8 Å². The lowest BCUT2D eigenvalue weighted by Gasteiger charge is -2.12. The van der Waals surface area contributed by atoms with Crippen LogP contribution in [-0.4, -0.2) is 5.24 Å². The van der Waals surface area contributed by atoms with Crippen LogP contribution >= 0.6 is 11.8 Å². The molecule has 102 valence electrons. The summed E-state index contributed by atoms with van der Waals surface area (Å²) in [5.41, 5.74) is 2.18. The van der Waals surface area contributed by atoms with Crippen LogP contribution in [-0.2, 0) is 6.54 Å². The van der Waals surface area contributed by atoms with Gasteiger partial charge < -0.3 is 5.32 Å². The molecule has 2 rings (SSSR count). The van der Waals surface area contributed by atoms with Gasteiger partial charge in [0.1, 0.15) is 0 Å². The van der Waals surface area contributed by atoms with E-state index >= 15 is 0 Å². The first-order valence-electron chi connectivity index (χ1n) is 6.45. The molecule has 0 aliphatic carbocycles. The van der Waals surface area contributed by atoms with Gasteiger partial charge in [-0.1, -0.05) is 78.5 Å². The van der Waals surface area contributed by atoms with Gasteiger partial charge in [0.15, 0.2) is 0 Å². The zero-order valence-electron chi connectivity index (χ0n) is 11.2. The number of thioether (sulfide) groups is 1. The van der Waals surface area contributed by atoms with Gasteiger partial charge in [-0.05, 0) is 11.1 Å². The van der Waals surface area contributed by atoms with Crippen molar-refractivity contribution in [1.82, 2.24) is 5.32 Å². The monoisotopic (exact) mass is 283 g/mol. The molecule has 2 aromatic rings. The Bertz CT molecular complexity index is 554. The van der Waals surface area contributed by atoms with E-state index < -0.39 is 0 Å². The van der Waals surface area contributed by atoms with Crippen LogP contribution in [0.5, 0.6) is 0 Å². The van der Waals surface area contributed by atoms with Crippen LogP contribution in [0.1, 0.15) is 16.4 Å². The van der Waals surface area contributed by atoms with Gasteiger partial charge in [-0.15, -0.1) is 6.58 Å². The van der Waals surface area contributed by atoms with Crippen LogP contribution in [0, 0.1) is 0 Å². The van der Waals surface area contributed by atoms with Crippen molar-refractivity contribution in [2.24, 2.45) is 0 Å². The maximum absolute atomic E-state index is 12.0. The van der Waals surface area contributed by atoms with Gasteiger partial charge in [0, 0.05) is 6.54 Å². The molecule has 0 radical (unpaired) electrons. The van der Waals surface area contributed by atoms with Gasteiger partial charge in [-0.3, -0.25) is 4.79 Å². The molecule has 0 spiro atoms. The molecule has 0 saturated heterocycles. The molecule has 0 bridgehead atoms. The van der Waals surface area contributed by atoms with Crippen LogP contribution in [0.2, 0.25) is 0 Å². The van der Waals surface area contributed by atoms with E-state index in [1.54, 1.807) is 6.08 Å². The molecular formula is C17H17NOS. The lowest BCUT2D eigenvalue weighted by atomic mass is 10.1. The summed E-state index contributed by atoms with van der Waals surface area (Å²) in [6.45, 7) is 4.35. The topological polar surface area (TPSA) is 29.1 Å². The Morgan fingerprint density at radius 2 is 1.70 bits per heavy atom. The number of hydrogen-bond acceptors (Lipinski definition) is 2. The second-order valence-electron chi connectivity index (χ2n) is 4.31. The molecule has 0 aliphatic rings. The fourth-order valence-corrected chi connectivity index (χ4v) is 2.60. The maximum atomic E-state index is 12.0. The van der Waals surface area contributed by atoms with Crippen molar-refractivity contribution in [3.63, 3.8) is 0 Å². The molecule has 1 atom stereocenters. The molecule has 0 fully saturated rings. The van der Waals surface area contributed by atoms with E-state index in [0.717, 1.165) is 11.1 Å². The largest absolute Gasteiger partial charge is 0.343 e. The van der Waals surface area contributed by atoms with Crippen LogP contribution in [0.4, 0.5) is 4.79 Å². The van der Waals surface area contributed by atoms with Gasteiger partial charge in [-0.25, -0.2) is 0 Å². The molecule has 20 heavy (non-hydrogen) atoms. The summed E-state index contributed by atoms with van der Waals surface area (Å²) in [4.78, 5) is 12.0. The molecular weight excluding hydrogens is 266 g/mol. The van der Waals surface area contributed by atoms with Crippen molar-refractivity contribution in [3.8, 4) is 0 Å². The van der Waals surface area contributed by atoms with Crippen molar-refractivity contribution in [3.05, 3.63) is 84.4 Å². The fourth-order valence-electron chi connectivity index (χ4n) is 1.82. The lowest BCUT2D eigenvalue weighted by Crippen LogP contribution is -2.18. The quantitative estimate of drug-likeness (QED) is 0.815. The fraction of sp³-hybridized carbons (Fsp3) is 0.118. The summed E-state index contributed by atoms with van der Waals surface area (Å²) in [6, 6.07) is 19.8. The average Bonchev–Trinajstić information content (AvgIpc) is 2.52. The first-order valence-corrected chi connectivity index (χ1v) is 7.33. The predicted molar refractivity (Wildman–Crippen MR) is 85.6 cm³/mol. The number of carbonyl (C=O) groups excluding carboxylic acids is 1.